The number of benzene rings is 1. The van der Waals surface area contributed by atoms with Crippen molar-refractivity contribution >= 4 is 28.3 Å². The Kier molecular flexibility index (Phi) is 4.57. The van der Waals surface area contributed by atoms with Gasteiger partial charge in [0.05, 0.1) is 12.1 Å². The van der Waals surface area contributed by atoms with E-state index in [1.807, 2.05) is 23.1 Å². The maximum Gasteiger partial charge on any atom is 0.241 e. The van der Waals surface area contributed by atoms with Crippen LogP contribution in [0.5, 0.6) is 0 Å². The molecule has 1 aromatic carbocycles. The summed E-state index contributed by atoms with van der Waals surface area (Å²) in [7, 11) is 3.51. The van der Waals surface area contributed by atoms with Crippen molar-refractivity contribution in [2.24, 2.45) is 0 Å². The molecule has 0 saturated carbocycles. The van der Waals surface area contributed by atoms with Crippen LogP contribution in [0.4, 0.5) is 11.5 Å². The molecule has 0 aliphatic heterocycles. The zero-order valence-electron chi connectivity index (χ0n) is 12.7. The highest BCUT2D eigenvalue weighted by Crippen LogP contribution is 2.25. The van der Waals surface area contributed by atoms with Crippen LogP contribution in [0.2, 0.25) is 0 Å². The molecule has 0 aliphatic carbocycles. The fraction of sp³-hybridized carbons (Fsp3) is 0.400. The van der Waals surface area contributed by atoms with Gasteiger partial charge in [-0.05, 0) is 24.6 Å². The molecule has 0 radical (unpaired) electrons. The first kappa shape index (κ1) is 15.0. The number of nitrogens with zero attached hydrogens (tertiary/aromatic N) is 4. The number of carbonyl (C=O) groups is 1. The number of anilines is 2. The number of nitrogen functional groups attached to an aromatic ring is 1. The molecule has 0 aliphatic rings. The Balaban J connectivity index is 2.44. The van der Waals surface area contributed by atoms with Crippen molar-refractivity contribution in [2.75, 3.05) is 37.8 Å². The number of carbonyl (C=O) groups excluding carboxylic acids is 1. The Bertz CT molecular complexity index is 641. The second kappa shape index (κ2) is 6.39. The molecular weight excluding hydrogens is 266 g/mol. The Morgan fingerprint density at radius 1 is 1.29 bits per heavy atom. The molecule has 6 heteroatoms. The number of likely N-dealkylation sites (N-methyl/N-ethyl adjacent to an activating group) is 1. The molecule has 112 valence electrons. The van der Waals surface area contributed by atoms with Crippen molar-refractivity contribution < 1.29 is 4.79 Å². The van der Waals surface area contributed by atoms with E-state index >= 15 is 0 Å². The van der Waals surface area contributed by atoms with Gasteiger partial charge in [-0.1, -0.05) is 6.92 Å². The number of amides is 1. The lowest BCUT2D eigenvalue weighted by Crippen LogP contribution is -2.37. The fourth-order valence-corrected chi connectivity index (χ4v) is 2.15. The monoisotopic (exact) mass is 287 g/mol. The Morgan fingerprint density at radius 3 is 2.71 bits per heavy atom. The van der Waals surface area contributed by atoms with E-state index < -0.39 is 0 Å². The number of hydrogen-bond acceptors (Lipinski definition) is 5. The Labute approximate surface area is 124 Å². The van der Waals surface area contributed by atoms with Crippen LogP contribution in [0.25, 0.3) is 10.9 Å². The van der Waals surface area contributed by atoms with Crippen molar-refractivity contribution in [1.29, 1.82) is 0 Å². The highest BCUT2D eigenvalue weighted by Gasteiger charge is 2.16. The zero-order chi connectivity index (χ0) is 15.4. The smallest absolute Gasteiger partial charge is 0.241 e. The number of fused-ring (bicyclic) bond motifs is 1. The van der Waals surface area contributed by atoms with E-state index in [4.69, 9.17) is 5.73 Å². The van der Waals surface area contributed by atoms with Crippen molar-refractivity contribution in [1.82, 2.24) is 14.9 Å². The van der Waals surface area contributed by atoms with Gasteiger partial charge < -0.3 is 15.5 Å². The van der Waals surface area contributed by atoms with Crippen LogP contribution in [0.1, 0.15) is 13.3 Å². The summed E-state index contributed by atoms with van der Waals surface area (Å²) < 4.78 is 0. The zero-order valence-corrected chi connectivity index (χ0v) is 12.7. The van der Waals surface area contributed by atoms with Crippen LogP contribution in [0, 0.1) is 0 Å². The van der Waals surface area contributed by atoms with E-state index in [1.54, 1.807) is 19.0 Å². The van der Waals surface area contributed by atoms with Crippen LogP contribution in [0.15, 0.2) is 24.5 Å². The second-order valence-electron chi connectivity index (χ2n) is 5.18. The molecule has 0 atom stereocenters. The summed E-state index contributed by atoms with van der Waals surface area (Å²) in [6.45, 7) is 3.12. The number of rotatable bonds is 5. The summed E-state index contributed by atoms with van der Waals surface area (Å²) in [4.78, 5) is 24.2. The van der Waals surface area contributed by atoms with Crippen LogP contribution in [0.3, 0.4) is 0 Å². The first-order valence-corrected chi connectivity index (χ1v) is 6.98. The predicted molar refractivity (Wildman–Crippen MR) is 85.1 cm³/mol. The standard InChI is InChI=1S/C15H21N5O/c1-4-7-20(9-14(21)19(2)3)15-12-8-11(16)5-6-13(12)17-10-18-15/h5-6,8,10H,4,7,9,16H2,1-3H3. The maximum absolute atomic E-state index is 12.0. The van der Waals surface area contributed by atoms with E-state index in [0.717, 1.165) is 29.7 Å². The van der Waals surface area contributed by atoms with Crippen LogP contribution in [-0.2, 0) is 4.79 Å². The summed E-state index contributed by atoms with van der Waals surface area (Å²) in [5.41, 5.74) is 7.35. The quantitative estimate of drug-likeness (QED) is 0.844. The van der Waals surface area contributed by atoms with Gasteiger partial charge in [-0.15, -0.1) is 0 Å². The lowest BCUT2D eigenvalue weighted by atomic mass is 10.2. The van der Waals surface area contributed by atoms with E-state index in [0.29, 0.717) is 12.2 Å². The predicted octanol–water partition coefficient (Wildman–Crippen LogP) is 1.52. The van der Waals surface area contributed by atoms with Crippen LogP contribution < -0.4 is 10.6 Å². The third kappa shape index (κ3) is 3.39. The average molecular weight is 287 g/mol. The van der Waals surface area contributed by atoms with Gasteiger partial charge in [-0.3, -0.25) is 4.79 Å². The van der Waals surface area contributed by atoms with Gasteiger partial charge >= 0.3 is 0 Å². The maximum atomic E-state index is 12.0. The first-order chi connectivity index (χ1) is 10.0. The number of hydrogen-bond donors (Lipinski definition) is 1. The first-order valence-electron chi connectivity index (χ1n) is 6.98. The molecule has 21 heavy (non-hydrogen) atoms. The van der Waals surface area contributed by atoms with Crippen molar-refractivity contribution in [3.8, 4) is 0 Å². The normalized spacial score (nSPS) is 10.6. The molecule has 0 fully saturated rings. The minimum atomic E-state index is 0.0408. The molecule has 2 aromatic rings. The summed E-state index contributed by atoms with van der Waals surface area (Å²) >= 11 is 0. The van der Waals surface area contributed by atoms with Gasteiger partial charge in [0.1, 0.15) is 12.1 Å². The third-order valence-electron chi connectivity index (χ3n) is 3.26. The van der Waals surface area contributed by atoms with E-state index in [2.05, 4.69) is 16.9 Å². The molecule has 0 unspecified atom stereocenters. The summed E-state index contributed by atoms with van der Waals surface area (Å²) in [6.07, 6.45) is 2.45. The SMILES string of the molecule is CCCN(CC(=O)N(C)C)c1ncnc2ccc(N)cc12. The lowest BCUT2D eigenvalue weighted by Gasteiger charge is -2.25. The molecule has 1 heterocycles. The highest BCUT2D eigenvalue weighted by atomic mass is 16.2. The minimum absolute atomic E-state index is 0.0408. The van der Waals surface area contributed by atoms with E-state index in [9.17, 15) is 4.79 Å². The lowest BCUT2D eigenvalue weighted by molar-refractivity contribution is -0.127. The number of nitrogens with two attached hydrogens (primary N) is 1. The molecule has 0 saturated heterocycles. The molecule has 6 nitrogen and oxygen atoms in total. The summed E-state index contributed by atoms with van der Waals surface area (Å²) in [6, 6.07) is 5.54. The van der Waals surface area contributed by atoms with Gasteiger partial charge in [0.25, 0.3) is 0 Å². The topological polar surface area (TPSA) is 75.4 Å². The summed E-state index contributed by atoms with van der Waals surface area (Å²) in [5, 5.41) is 0.873. The van der Waals surface area contributed by atoms with Gasteiger partial charge in [0, 0.05) is 31.7 Å². The average Bonchev–Trinajstić information content (AvgIpc) is 2.46. The number of aromatic nitrogens is 2. The summed E-state index contributed by atoms with van der Waals surface area (Å²) in [5.74, 6) is 0.795. The third-order valence-corrected chi connectivity index (χ3v) is 3.26. The minimum Gasteiger partial charge on any atom is -0.399 e. The second-order valence-corrected chi connectivity index (χ2v) is 5.18. The fourth-order valence-electron chi connectivity index (χ4n) is 2.15. The van der Waals surface area contributed by atoms with Crippen LogP contribution in [-0.4, -0.2) is 48.0 Å². The molecule has 1 aromatic heterocycles. The van der Waals surface area contributed by atoms with Crippen molar-refractivity contribution in [2.45, 2.75) is 13.3 Å². The largest absolute Gasteiger partial charge is 0.399 e. The van der Waals surface area contributed by atoms with E-state index in [1.165, 1.54) is 6.33 Å². The molecule has 1 amide bonds. The van der Waals surface area contributed by atoms with Gasteiger partial charge in [-0.2, -0.15) is 0 Å². The van der Waals surface area contributed by atoms with Crippen LogP contribution >= 0.6 is 0 Å². The van der Waals surface area contributed by atoms with Crippen molar-refractivity contribution in [3.05, 3.63) is 24.5 Å². The van der Waals surface area contributed by atoms with Gasteiger partial charge in [0.15, 0.2) is 0 Å². The molecule has 2 rings (SSSR count). The molecule has 2 N–H and O–H groups in total. The van der Waals surface area contributed by atoms with Crippen molar-refractivity contribution in [3.63, 3.8) is 0 Å². The molecule has 0 spiro atoms. The molecule has 0 bridgehead atoms. The van der Waals surface area contributed by atoms with Gasteiger partial charge in [-0.25, -0.2) is 9.97 Å². The molecular formula is C15H21N5O. The Hall–Kier alpha value is -2.37. The highest BCUT2D eigenvalue weighted by molar-refractivity contribution is 5.93. The Morgan fingerprint density at radius 2 is 2.05 bits per heavy atom. The van der Waals surface area contributed by atoms with E-state index in [-0.39, 0.29) is 5.91 Å². The van der Waals surface area contributed by atoms with Gasteiger partial charge in [0.2, 0.25) is 5.91 Å².